The fourth-order valence-corrected chi connectivity index (χ4v) is 4.56. The van der Waals surface area contributed by atoms with Crippen molar-refractivity contribution in [2.75, 3.05) is 19.6 Å². The van der Waals surface area contributed by atoms with E-state index >= 15 is 0 Å². The van der Waals surface area contributed by atoms with Crippen molar-refractivity contribution in [2.45, 2.75) is 25.9 Å². The van der Waals surface area contributed by atoms with E-state index in [4.69, 9.17) is 23.2 Å². The number of benzene rings is 2. The Bertz CT molecular complexity index is 1180. The molecule has 0 aliphatic carbocycles. The number of hydrogen-bond acceptors (Lipinski definition) is 2. The second-order valence-corrected chi connectivity index (χ2v) is 8.81. The van der Waals surface area contributed by atoms with Gasteiger partial charge in [-0.2, -0.15) is 0 Å². The minimum Gasteiger partial charge on any atom is -0.348 e. The van der Waals surface area contributed by atoms with Gasteiger partial charge in [0.2, 0.25) is 5.91 Å². The van der Waals surface area contributed by atoms with Gasteiger partial charge >= 0.3 is 0 Å². The van der Waals surface area contributed by atoms with Gasteiger partial charge in [-0.3, -0.25) is 9.59 Å². The molecule has 1 aliphatic heterocycles. The van der Waals surface area contributed by atoms with Gasteiger partial charge in [0.1, 0.15) is 18.4 Å². The lowest BCUT2D eigenvalue weighted by Gasteiger charge is -2.38. The van der Waals surface area contributed by atoms with Gasteiger partial charge in [0.25, 0.3) is 5.91 Å². The highest BCUT2D eigenvalue weighted by molar-refractivity contribution is 6.42. The van der Waals surface area contributed by atoms with Crippen molar-refractivity contribution in [2.24, 2.45) is 0 Å². The summed E-state index contributed by atoms with van der Waals surface area (Å²) in [6.07, 6.45) is 2.61. The lowest BCUT2D eigenvalue weighted by Crippen LogP contribution is -2.48. The molecule has 2 amide bonds. The van der Waals surface area contributed by atoms with Crippen LogP contribution < -0.4 is 0 Å². The molecule has 2 heterocycles. The van der Waals surface area contributed by atoms with Gasteiger partial charge in [-0.1, -0.05) is 48.3 Å². The van der Waals surface area contributed by atoms with Crippen LogP contribution in [-0.4, -0.2) is 45.8 Å². The Hall–Kier alpha value is -2.83. The van der Waals surface area contributed by atoms with Crippen molar-refractivity contribution in [1.29, 1.82) is 0 Å². The van der Waals surface area contributed by atoms with E-state index in [1.54, 1.807) is 35.2 Å². The van der Waals surface area contributed by atoms with Gasteiger partial charge in [0, 0.05) is 42.7 Å². The molecule has 8 heteroatoms. The van der Waals surface area contributed by atoms with Gasteiger partial charge in [-0.05, 0) is 42.8 Å². The molecule has 0 bridgehead atoms. The maximum atomic E-state index is 14.8. The molecule has 4 rings (SSSR count). The summed E-state index contributed by atoms with van der Waals surface area (Å²) in [5.74, 6) is -0.906. The number of nitrogens with zero attached hydrogens (tertiary/aromatic N) is 3. The third-order valence-electron chi connectivity index (χ3n) is 5.83. The Morgan fingerprint density at radius 2 is 1.85 bits per heavy atom. The van der Waals surface area contributed by atoms with E-state index < -0.39 is 6.04 Å². The molecule has 0 spiro atoms. The molecule has 0 radical (unpaired) electrons. The minimum absolute atomic E-state index is 0.113. The highest BCUT2D eigenvalue weighted by Gasteiger charge is 2.34. The lowest BCUT2D eigenvalue weighted by molar-refractivity contribution is -0.134. The van der Waals surface area contributed by atoms with Gasteiger partial charge < -0.3 is 14.4 Å². The number of aromatic nitrogens is 1. The molecular weight excluding hydrogens is 464 g/mol. The van der Waals surface area contributed by atoms with Crippen molar-refractivity contribution >= 4 is 35.0 Å². The number of halogens is 3. The van der Waals surface area contributed by atoms with Crippen LogP contribution >= 0.6 is 23.2 Å². The summed E-state index contributed by atoms with van der Waals surface area (Å²) in [6.45, 7) is 3.25. The monoisotopic (exact) mass is 487 g/mol. The van der Waals surface area contributed by atoms with Crippen LogP contribution in [0.15, 0.2) is 60.8 Å². The number of rotatable bonds is 6. The standard InChI is InChI=1S/C25H24Cl2FN3O2/c1-2-11-30(25(33)17-9-10-19(26)20(27)15-17)16-23(32)31-14-13-29-12-5-8-22(29)24(31)18-6-3-4-7-21(18)28/h3-10,12,15,24H,2,11,13-14,16H2,1H3. The largest absolute Gasteiger partial charge is 0.348 e. The lowest BCUT2D eigenvalue weighted by atomic mass is 9.99. The van der Waals surface area contributed by atoms with Crippen LogP contribution in [0.5, 0.6) is 0 Å². The molecule has 5 nitrogen and oxygen atoms in total. The fourth-order valence-electron chi connectivity index (χ4n) is 4.26. The average molecular weight is 488 g/mol. The third-order valence-corrected chi connectivity index (χ3v) is 6.57. The molecule has 0 saturated carbocycles. The van der Waals surface area contributed by atoms with Crippen molar-refractivity contribution in [3.63, 3.8) is 0 Å². The van der Waals surface area contributed by atoms with E-state index in [1.165, 1.54) is 17.0 Å². The molecule has 1 aliphatic rings. The molecule has 0 N–H and O–H groups in total. The van der Waals surface area contributed by atoms with Crippen LogP contribution in [0, 0.1) is 5.82 Å². The summed E-state index contributed by atoms with van der Waals surface area (Å²) in [5.41, 5.74) is 1.64. The Morgan fingerprint density at radius 1 is 1.06 bits per heavy atom. The molecule has 0 saturated heterocycles. The van der Waals surface area contributed by atoms with Crippen LogP contribution in [0.2, 0.25) is 10.0 Å². The zero-order chi connectivity index (χ0) is 23.5. The highest BCUT2D eigenvalue weighted by Crippen LogP contribution is 2.34. The second-order valence-electron chi connectivity index (χ2n) is 7.99. The zero-order valence-corrected chi connectivity index (χ0v) is 19.7. The Morgan fingerprint density at radius 3 is 2.58 bits per heavy atom. The predicted molar refractivity (Wildman–Crippen MR) is 127 cm³/mol. The van der Waals surface area contributed by atoms with E-state index in [9.17, 15) is 14.0 Å². The second kappa shape index (κ2) is 9.98. The Balaban J connectivity index is 1.62. The molecule has 1 aromatic heterocycles. The average Bonchev–Trinajstić information content (AvgIpc) is 3.29. The maximum Gasteiger partial charge on any atom is 0.254 e. The van der Waals surface area contributed by atoms with Crippen LogP contribution in [-0.2, 0) is 11.3 Å². The molecule has 2 aromatic carbocycles. The number of fused-ring (bicyclic) bond motifs is 1. The number of carbonyl (C=O) groups excluding carboxylic acids is 2. The van der Waals surface area contributed by atoms with E-state index in [1.807, 2.05) is 29.8 Å². The summed E-state index contributed by atoms with van der Waals surface area (Å²) in [7, 11) is 0. The van der Waals surface area contributed by atoms with Crippen LogP contribution in [0.1, 0.15) is 41.0 Å². The Kier molecular flexibility index (Phi) is 7.05. The summed E-state index contributed by atoms with van der Waals surface area (Å²) in [6, 6.07) is 14.4. The normalized spacial score (nSPS) is 15.3. The third kappa shape index (κ3) is 4.77. The fraction of sp³-hybridized carbons (Fsp3) is 0.280. The van der Waals surface area contributed by atoms with E-state index in [2.05, 4.69) is 0 Å². The topological polar surface area (TPSA) is 45.6 Å². The SMILES string of the molecule is CCCN(CC(=O)N1CCn2cccc2C1c1ccccc1F)C(=O)c1ccc(Cl)c(Cl)c1. The molecule has 1 atom stereocenters. The van der Waals surface area contributed by atoms with Gasteiger partial charge in [0.05, 0.1) is 10.0 Å². The van der Waals surface area contributed by atoms with E-state index in [0.717, 1.165) is 5.69 Å². The first kappa shape index (κ1) is 23.3. The van der Waals surface area contributed by atoms with Crippen molar-refractivity contribution in [3.05, 3.63) is 93.5 Å². The number of carbonyl (C=O) groups is 2. The van der Waals surface area contributed by atoms with Crippen molar-refractivity contribution < 1.29 is 14.0 Å². The van der Waals surface area contributed by atoms with Gasteiger partial charge in [0.15, 0.2) is 0 Å². The first-order valence-corrected chi connectivity index (χ1v) is 11.6. The molecule has 1 unspecified atom stereocenters. The molecule has 33 heavy (non-hydrogen) atoms. The minimum atomic E-state index is -0.564. The zero-order valence-electron chi connectivity index (χ0n) is 18.2. The quantitative estimate of drug-likeness (QED) is 0.466. The summed E-state index contributed by atoms with van der Waals surface area (Å²) in [5, 5.41) is 0.636. The molecule has 172 valence electrons. The summed E-state index contributed by atoms with van der Waals surface area (Å²) < 4.78 is 16.8. The van der Waals surface area contributed by atoms with Crippen molar-refractivity contribution in [3.8, 4) is 0 Å². The maximum absolute atomic E-state index is 14.8. The van der Waals surface area contributed by atoms with E-state index in [0.29, 0.717) is 42.2 Å². The molecule has 0 fully saturated rings. The number of hydrogen-bond donors (Lipinski definition) is 0. The van der Waals surface area contributed by atoms with Gasteiger partial charge in [-0.25, -0.2) is 4.39 Å². The molecule has 3 aromatic rings. The van der Waals surface area contributed by atoms with Crippen LogP contribution in [0.25, 0.3) is 0 Å². The molecular formula is C25H24Cl2FN3O2. The number of amides is 2. The van der Waals surface area contributed by atoms with E-state index in [-0.39, 0.29) is 29.2 Å². The predicted octanol–water partition coefficient (Wildman–Crippen LogP) is 5.42. The first-order valence-electron chi connectivity index (χ1n) is 10.8. The summed E-state index contributed by atoms with van der Waals surface area (Å²) in [4.78, 5) is 29.9. The summed E-state index contributed by atoms with van der Waals surface area (Å²) >= 11 is 12.1. The highest BCUT2D eigenvalue weighted by atomic mass is 35.5. The van der Waals surface area contributed by atoms with Crippen molar-refractivity contribution in [1.82, 2.24) is 14.4 Å². The van der Waals surface area contributed by atoms with Gasteiger partial charge in [-0.15, -0.1) is 0 Å². The smallest absolute Gasteiger partial charge is 0.254 e. The van der Waals surface area contributed by atoms with Crippen LogP contribution in [0.3, 0.4) is 0 Å². The van der Waals surface area contributed by atoms with Crippen LogP contribution in [0.4, 0.5) is 4.39 Å². The Labute approximate surface area is 202 Å². The first-order chi connectivity index (χ1) is 15.9.